The normalized spacial score (nSPS) is 21.5. The number of likely N-dealkylation sites (tertiary alicyclic amines) is 1. The van der Waals surface area contributed by atoms with Crippen LogP contribution in [0.1, 0.15) is 38.0 Å². The number of hydrogen-bond acceptors (Lipinski definition) is 6. The SMILES string of the molecule is CCCNC(=O)N1CC(c2nc(-c3cccnc3)no2)C2(CCOCC2)C1. The molecule has 2 aromatic heterocycles. The standard InChI is InChI=1S/C19H25N5O3/c1-2-7-21-18(25)24-12-15(19(13-24)5-9-26-10-6-19)17-22-16(23-27-17)14-4-3-8-20-11-14/h3-4,8,11,15H,2,5-7,9-10,12-13H2,1H3,(H,21,25). The zero-order valence-electron chi connectivity index (χ0n) is 15.6. The molecule has 2 amide bonds. The summed E-state index contributed by atoms with van der Waals surface area (Å²) >= 11 is 0. The van der Waals surface area contributed by atoms with Gasteiger partial charge >= 0.3 is 6.03 Å². The summed E-state index contributed by atoms with van der Waals surface area (Å²) in [6.45, 7) is 5.41. The Bertz CT molecular complexity index is 773. The number of pyridine rings is 1. The Morgan fingerprint density at radius 2 is 2.26 bits per heavy atom. The average molecular weight is 371 g/mol. The van der Waals surface area contributed by atoms with E-state index in [1.54, 1.807) is 12.4 Å². The van der Waals surface area contributed by atoms with Crippen LogP contribution in [0.15, 0.2) is 29.0 Å². The molecule has 0 aliphatic carbocycles. The van der Waals surface area contributed by atoms with E-state index in [0.29, 0.717) is 44.6 Å². The third-order valence-electron chi connectivity index (χ3n) is 5.61. The van der Waals surface area contributed by atoms with E-state index in [2.05, 4.69) is 20.4 Å². The van der Waals surface area contributed by atoms with E-state index >= 15 is 0 Å². The molecule has 1 spiro atoms. The van der Waals surface area contributed by atoms with E-state index in [4.69, 9.17) is 9.26 Å². The van der Waals surface area contributed by atoms with E-state index < -0.39 is 0 Å². The number of rotatable bonds is 4. The van der Waals surface area contributed by atoms with Crippen molar-refractivity contribution in [3.8, 4) is 11.4 Å². The molecule has 0 bridgehead atoms. The first kappa shape index (κ1) is 17.9. The second-order valence-corrected chi connectivity index (χ2v) is 7.34. The molecule has 2 aliphatic rings. The second kappa shape index (κ2) is 7.64. The quantitative estimate of drug-likeness (QED) is 0.887. The molecule has 1 unspecified atom stereocenters. The first-order valence-corrected chi connectivity index (χ1v) is 9.56. The van der Waals surface area contributed by atoms with Crippen LogP contribution in [0.25, 0.3) is 11.4 Å². The summed E-state index contributed by atoms with van der Waals surface area (Å²) in [5, 5.41) is 7.13. The number of hydrogen-bond donors (Lipinski definition) is 1. The third-order valence-corrected chi connectivity index (χ3v) is 5.61. The Morgan fingerprint density at radius 3 is 3.00 bits per heavy atom. The first-order chi connectivity index (χ1) is 13.2. The number of aromatic nitrogens is 3. The topological polar surface area (TPSA) is 93.4 Å². The molecule has 2 aliphatic heterocycles. The van der Waals surface area contributed by atoms with Gasteiger partial charge < -0.3 is 19.5 Å². The van der Waals surface area contributed by atoms with Crippen LogP contribution < -0.4 is 5.32 Å². The molecule has 1 N–H and O–H groups in total. The van der Waals surface area contributed by atoms with Crippen molar-refractivity contribution >= 4 is 6.03 Å². The maximum Gasteiger partial charge on any atom is 0.317 e. The van der Waals surface area contributed by atoms with Gasteiger partial charge in [-0.1, -0.05) is 12.1 Å². The number of carbonyl (C=O) groups excluding carboxylic acids is 1. The number of ether oxygens (including phenoxy) is 1. The summed E-state index contributed by atoms with van der Waals surface area (Å²) in [5.74, 6) is 1.16. The molecule has 8 heteroatoms. The molecule has 2 saturated heterocycles. The number of urea groups is 1. The summed E-state index contributed by atoms with van der Waals surface area (Å²) < 4.78 is 11.2. The fraction of sp³-hybridized carbons (Fsp3) is 0.579. The number of nitrogens with zero attached hydrogens (tertiary/aromatic N) is 4. The van der Waals surface area contributed by atoms with Crippen LogP contribution in [0.5, 0.6) is 0 Å². The molecule has 4 heterocycles. The van der Waals surface area contributed by atoms with Crippen LogP contribution >= 0.6 is 0 Å². The van der Waals surface area contributed by atoms with Crippen molar-refractivity contribution < 1.29 is 14.1 Å². The van der Waals surface area contributed by atoms with Crippen molar-refractivity contribution in [2.45, 2.75) is 32.1 Å². The van der Waals surface area contributed by atoms with Crippen LogP contribution in [0.2, 0.25) is 0 Å². The van der Waals surface area contributed by atoms with Gasteiger partial charge in [0.1, 0.15) is 0 Å². The van der Waals surface area contributed by atoms with E-state index in [-0.39, 0.29) is 17.4 Å². The zero-order chi connectivity index (χ0) is 18.7. The molecule has 0 radical (unpaired) electrons. The fourth-order valence-corrected chi connectivity index (χ4v) is 4.08. The fourth-order valence-electron chi connectivity index (χ4n) is 4.08. The Labute approximate surface area is 158 Å². The van der Waals surface area contributed by atoms with Gasteiger partial charge in [-0.3, -0.25) is 4.98 Å². The lowest BCUT2D eigenvalue weighted by atomic mass is 9.72. The molecular formula is C19H25N5O3. The van der Waals surface area contributed by atoms with Crippen molar-refractivity contribution in [2.24, 2.45) is 5.41 Å². The highest BCUT2D eigenvalue weighted by Crippen LogP contribution is 2.49. The Hall–Kier alpha value is -2.48. The first-order valence-electron chi connectivity index (χ1n) is 9.56. The van der Waals surface area contributed by atoms with Gasteiger partial charge in [-0.15, -0.1) is 0 Å². The monoisotopic (exact) mass is 371 g/mol. The van der Waals surface area contributed by atoms with Crippen molar-refractivity contribution in [3.63, 3.8) is 0 Å². The summed E-state index contributed by atoms with van der Waals surface area (Å²) in [6, 6.07) is 3.74. The highest BCUT2D eigenvalue weighted by molar-refractivity contribution is 5.74. The predicted molar refractivity (Wildman–Crippen MR) is 98.0 cm³/mol. The van der Waals surface area contributed by atoms with E-state index in [9.17, 15) is 4.79 Å². The minimum atomic E-state index is -0.0689. The third kappa shape index (κ3) is 3.53. The lowest BCUT2D eigenvalue weighted by molar-refractivity contribution is 0.00943. The molecule has 1 atom stereocenters. The molecule has 8 nitrogen and oxygen atoms in total. The Balaban J connectivity index is 1.59. The van der Waals surface area contributed by atoms with Gasteiger partial charge in [0.25, 0.3) is 0 Å². The maximum absolute atomic E-state index is 12.5. The van der Waals surface area contributed by atoms with Gasteiger partial charge in [0.15, 0.2) is 0 Å². The smallest absolute Gasteiger partial charge is 0.317 e. The molecule has 2 aromatic rings. The van der Waals surface area contributed by atoms with Crippen molar-refractivity contribution in [3.05, 3.63) is 30.4 Å². The number of carbonyl (C=O) groups is 1. The molecule has 144 valence electrons. The van der Waals surface area contributed by atoms with Gasteiger partial charge in [-0.25, -0.2) is 4.79 Å². The van der Waals surface area contributed by atoms with E-state index in [1.165, 1.54) is 0 Å². The molecular weight excluding hydrogens is 346 g/mol. The lowest BCUT2D eigenvalue weighted by Crippen LogP contribution is -2.41. The van der Waals surface area contributed by atoms with Gasteiger partial charge in [-0.2, -0.15) is 4.98 Å². The number of amides is 2. The molecule has 2 fully saturated rings. The van der Waals surface area contributed by atoms with Gasteiger partial charge in [0.2, 0.25) is 11.7 Å². The average Bonchev–Trinajstić information content (AvgIpc) is 3.33. The Morgan fingerprint density at radius 1 is 1.41 bits per heavy atom. The maximum atomic E-state index is 12.5. The van der Waals surface area contributed by atoms with Gasteiger partial charge in [0.05, 0.1) is 5.92 Å². The molecule has 0 aromatic carbocycles. The zero-order valence-corrected chi connectivity index (χ0v) is 15.6. The minimum absolute atomic E-state index is 0.0165. The van der Waals surface area contributed by atoms with Crippen molar-refractivity contribution in [1.29, 1.82) is 0 Å². The van der Waals surface area contributed by atoms with E-state index in [1.807, 2.05) is 24.0 Å². The second-order valence-electron chi connectivity index (χ2n) is 7.34. The molecule has 27 heavy (non-hydrogen) atoms. The van der Waals surface area contributed by atoms with Crippen LogP contribution in [0.3, 0.4) is 0 Å². The van der Waals surface area contributed by atoms with Crippen LogP contribution in [0, 0.1) is 5.41 Å². The highest BCUT2D eigenvalue weighted by atomic mass is 16.5. The van der Waals surface area contributed by atoms with Gasteiger partial charge in [-0.05, 0) is 31.4 Å². The van der Waals surface area contributed by atoms with Gasteiger partial charge in [0, 0.05) is 56.2 Å². The van der Waals surface area contributed by atoms with E-state index in [0.717, 1.165) is 24.8 Å². The van der Waals surface area contributed by atoms with Crippen molar-refractivity contribution in [2.75, 3.05) is 32.8 Å². The summed E-state index contributed by atoms with van der Waals surface area (Å²) in [5.41, 5.74) is 0.754. The Kier molecular flexibility index (Phi) is 5.07. The van der Waals surface area contributed by atoms with Crippen LogP contribution in [0.4, 0.5) is 4.79 Å². The minimum Gasteiger partial charge on any atom is -0.381 e. The summed E-state index contributed by atoms with van der Waals surface area (Å²) in [7, 11) is 0. The molecule has 0 saturated carbocycles. The predicted octanol–water partition coefficient (Wildman–Crippen LogP) is 2.45. The summed E-state index contributed by atoms with van der Waals surface area (Å²) in [4.78, 5) is 23.2. The largest absolute Gasteiger partial charge is 0.381 e. The highest BCUT2D eigenvalue weighted by Gasteiger charge is 2.51. The number of nitrogens with one attached hydrogen (secondary N) is 1. The summed E-state index contributed by atoms with van der Waals surface area (Å²) in [6.07, 6.45) is 6.13. The van der Waals surface area contributed by atoms with Crippen LogP contribution in [-0.4, -0.2) is 58.9 Å². The lowest BCUT2D eigenvalue weighted by Gasteiger charge is -2.36. The van der Waals surface area contributed by atoms with Crippen LogP contribution in [-0.2, 0) is 4.74 Å². The molecule has 4 rings (SSSR count). The van der Waals surface area contributed by atoms with Crippen molar-refractivity contribution in [1.82, 2.24) is 25.3 Å².